The van der Waals surface area contributed by atoms with E-state index in [9.17, 15) is 27.9 Å². The van der Waals surface area contributed by atoms with Gasteiger partial charge in [0, 0.05) is 26.2 Å². The predicted molar refractivity (Wildman–Crippen MR) is 139 cm³/mol. The molecule has 12 nitrogen and oxygen atoms in total. The molecule has 40 heavy (non-hydrogen) atoms. The van der Waals surface area contributed by atoms with Crippen LogP contribution in [0.3, 0.4) is 0 Å². The highest BCUT2D eigenvalue weighted by Crippen LogP contribution is 2.34. The van der Waals surface area contributed by atoms with Crippen molar-refractivity contribution in [3.8, 4) is 17.4 Å². The van der Waals surface area contributed by atoms with Crippen molar-refractivity contribution in [3.63, 3.8) is 0 Å². The van der Waals surface area contributed by atoms with E-state index in [-0.39, 0.29) is 40.4 Å². The molecule has 0 atom stereocenters. The first kappa shape index (κ1) is 27.3. The molecule has 210 valence electrons. The zero-order valence-corrected chi connectivity index (χ0v) is 21.8. The second-order valence-corrected chi connectivity index (χ2v) is 9.34. The van der Waals surface area contributed by atoms with Crippen molar-refractivity contribution in [1.29, 1.82) is 0 Å². The Labute approximate surface area is 229 Å². The van der Waals surface area contributed by atoms with Gasteiger partial charge in [-0.1, -0.05) is 18.5 Å². The lowest BCUT2D eigenvalue weighted by atomic mass is 10.2. The summed E-state index contributed by atoms with van der Waals surface area (Å²) in [5.74, 6) is -0.689. The molecule has 16 heteroatoms. The maximum Gasteiger partial charge on any atom is 0.416 e. The molecule has 1 aliphatic rings. The number of carbonyl (C=O) groups is 1. The van der Waals surface area contributed by atoms with Gasteiger partial charge in [0.05, 0.1) is 34.4 Å². The van der Waals surface area contributed by atoms with Crippen LogP contribution < -0.4 is 21.1 Å². The number of aromatic hydroxyl groups is 1. The number of aromatic nitrogens is 6. The maximum absolute atomic E-state index is 13.7. The average Bonchev–Trinajstić information content (AvgIpc) is 3.37. The summed E-state index contributed by atoms with van der Waals surface area (Å²) in [6.45, 7) is 3.87. The highest BCUT2D eigenvalue weighted by molar-refractivity contribution is 6.33. The lowest BCUT2D eigenvalue weighted by molar-refractivity contribution is -0.137. The number of hydrogen-bond donors (Lipinski definition) is 3. The first-order chi connectivity index (χ1) is 19.1. The number of nitrogens with one attached hydrogen (secondary N) is 2. The number of amides is 1. The number of hydrogen-bond acceptors (Lipinski definition) is 9. The Morgan fingerprint density at radius 1 is 1.18 bits per heavy atom. The fourth-order valence-corrected chi connectivity index (χ4v) is 4.70. The molecule has 1 fully saturated rings. The average molecular weight is 578 g/mol. The van der Waals surface area contributed by atoms with Gasteiger partial charge in [0.25, 0.3) is 5.56 Å². The number of nitrogens with zero attached hydrogens (tertiary/aromatic N) is 7. The van der Waals surface area contributed by atoms with E-state index in [1.807, 2.05) is 11.8 Å². The minimum atomic E-state index is -4.59. The molecule has 0 unspecified atom stereocenters. The van der Waals surface area contributed by atoms with Crippen molar-refractivity contribution in [2.24, 2.45) is 0 Å². The largest absolute Gasteiger partial charge is 0.505 e. The molecule has 0 spiro atoms. The fourth-order valence-electron chi connectivity index (χ4n) is 4.48. The van der Waals surface area contributed by atoms with E-state index in [4.69, 9.17) is 11.6 Å². The molecule has 1 amide bonds. The van der Waals surface area contributed by atoms with Gasteiger partial charge < -0.3 is 25.2 Å². The SMILES string of the molecule is CCc1c(N2CCNCC2)c(=O)n2nc(-c3ncc(O)cn3)nc2n1CC(=O)Nc1ccc(C(F)(F)F)cc1Cl. The van der Waals surface area contributed by atoms with Crippen molar-refractivity contribution in [3.05, 3.63) is 57.2 Å². The molecule has 1 aromatic carbocycles. The molecule has 0 saturated carbocycles. The second kappa shape index (κ2) is 10.7. The number of carbonyl (C=O) groups excluding carboxylic acids is 1. The van der Waals surface area contributed by atoms with Gasteiger partial charge >= 0.3 is 6.18 Å². The Bertz CT molecular complexity index is 1630. The molecule has 4 heterocycles. The molecule has 1 saturated heterocycles. The van der Waals surface area contributed by atoms with Crippen molar-refractivity contribution < 1.29 is 23.1 Å². The molecule has 4 aromatic rings. The van der Waals surface area contributed by atoms with E-state index in [0.717, 1.165) is 35.1 Å². The van der Waals surface area contributed by atoms with E-state index in [2.05, 4.69) is 30.7 Å². The van der Waals surface area contributed by atoms with Crippen LogP contribution in [0.1, 0.15) is 18.2 Å². The Kier molecular flexibility index (Phi) is 7.33. The molecular weight excluding hydrogens is 555 g/mol. The zero-order chi connectivity index (χ0) is 28.6. The van der Waals surface area contributed by atoms with Gasteiger partial charge in [0.2, 0.25) is 17.5 Å². The number of rotatable bonds is 6. The standard InChI is InChI=1S/C24H23ClF3N9O3/c1-2-17-19(35-7-5-29-6-8-35)22(40)37-23(33-21(34-37)20-30-10-14(38)11-31-20)36(17)12-18(39)32-16-4-3-13(9-15(16)25)24(26,27)28/h3-4,9-11,29,38H,2,5-8,12H2,1H3,(H,32,39). The van der Waals surface area contributed by atoms with Gasteiger partial charge in [-0.2, -0.15) is 22.7 Å². The Morgan fingerprint density at radius 2 is 1.88 bits per heavy atom. The number of anilines is 2. The molecule has 3 N–H and O–H groups in total. The Hall–Kier alpha value is -4.24. The van der Waals surface area contributed by atoms with Crippen LogP contribution in [-0.4, -0.2) is 66.3 Å². The molecule has 3 aromatic heterocycles. The number of piperazine rings is 1. The van der Waals surface area contributed by atoms with Gasteiger partial charge in [-0.25, -0.2) is 9.97 Å². The van der Waals surface area contributed by atoms with Crippen LogP contribution in [0.2, 0.25) is 5.02 Å². The third-order valence-corrected chi connectivity index (χ3v) is 6.62. The summed E-state index contributed by atoms with van der Waals surface area (Å²) in [6, 6.07) is 2.63. The number of benzene rings is 1. The summed E-state index contributed by atoms with van der Waals surface area (Å²) < 4.78 is 41.7. The molecule has 0 bridgehead atoms. The van der Waals surface area contributed by atoms with Crippen molar-refractivity contribution in [2.75, 3.05) is 36.4 Å². The minimum absolute atomic E-state index is 0.00300. The van der Waals surface area contributed by atoms with Crippen molar-refractivity contribution in [1.82, 2.24) is 34.4 Å². The van der Waals surface area contributed by atoms with Crippen LogP contribution in [-0.2, 0) is 23.9 Å². The van der Waals surface area contributed by atoms with E-state index in [1.165, 1.54) is 4.57 Å². The second-order valence-electron chi connectivity index (χ2n) is 8.93. The molecule has 5 rings (SSSR count). The van der Waals surface area contributed by atoms with Gasteiger partial charge in [-0.15, -0.1) is 5.10 Å². The molecule has 0 aliphatic carbocycles. The van der Waals surface area contributed by atoms with Gasteiger partial charge in [0.15, 0.2) is 11.6 Å². The lowest BCUT2D eigenvalue weighted by Crippen LogP contribution is -2.47. The predicted octanol–water partition coefficient (Wildman–Crippen LogP) is 2.34. The van der Waals surface area contributed by atoms with Gasteiger partial charge in [0.1, 0.15) is 12.2 Å². The Morgan fingerprint density at radius 3 is 2.50 bits per heavy atom. The van der Waals surface area contributed by atoms with Crippen LogP contribution in [0.25, 0.3) is 17.4 Å². The summed E-state index contributed by atoms with van der Waals surface area (Å²) >= 11 is 6.03. The quantitative estimate of drug-likeness (QED) is 0.315. The van der Waals surface area contributed by atoms with Crippen molar-refractivity contribution in [2.45, 2.75) is 26.1 Å². The van der Waals surface area contributed by atoms with E-state index in [0.29, 0.717) is 44.0 Å². The minimum Gasteiger partial charge on any atom is -0.505 e. The Balaban J connectivity index is 1.59. The normalized spacial score (nSPS) is 14.1. The zero-order valence-electron chi connectivity index (χ0n) is 21.0. The van der Waals surface area contributed by atoms with Crippen LogP contribution >= 0.6 is 11.6 Å². The summed E-state index contributed by atoms with van der Waals surface area (Å²) in [5.41, 5.74) is -0.497. The molecule has 1 aliphatic heterocycles. The lowest BCUT2D eigenvalue weighted by Gasteiger charge is -2.31. The fraction of sp³-hybridized carbons (Fsp3) is 0.333. The van der Waals surface area contributed by atoms with Crippen molar-refractivity contribution >= 4 is 34.7 Å². The maximum atomic E-state index is 13.7. The van der Waals surface area contributed by atoms with Gasteiger partial charge in [-0.3, -0.25) is 9.59 Å². The summed E-state index contributed by atoms with van der Waals surface area (Å²) in [4.78, 5) is 41.2. The smallest absolute Gasteiger partial charge is 0.416 e. The third-order valence-electron chi connectivity index (χ3n) is 6.30. The first-order valence-electron chi connectivity index (χ1n) is 12.2. The number of fused-ring (bicyclic) bond motifs is 1. The van der Waals surface area contributed by atoms with Gasteiger partial charge in [-0.05, 0) is 24.6 Å². The molecular formula is C24H23ClF3N9O3. The number of alkyl halides is 3. The van der Waals surface area contributed by atoms with Crippen LogP contribution in [0.15, 0.2) is 35.4 Å². The van der Waals surface area contributed by atoms with E-state index < -0.39 is 23.2 Å². The van der Waals surface area contributed by atoms with E-state index >= 15 is 0 Å². The van der Waals surface area contributed by atoms with Crippen LogP contribution in [0.4, 0.5) is 24.5 Å². The summed E-state index contributed by atoms with van der Waals surface area (Å²) in [5, 5.41) is 19.3. The topological polar surface area (TPSA) is 143 Å². The highest BCUT2D eigenvalue weighted by Gasteiger charge is 2.31. The third kappa shape index (κ3) is 5.29. The monoisotopic (exact) mass is 577 g/mol. The van der Waals surface area contributed by atoms with Crippen LogP contribution in [0, 0.1) is 0 Å². The molecule has 0 radical (unpaired) electrons. The van der Waals surface area contributed by atoms with E-state index in [1.54, 1.807) is 0 Å². The summed E-state index contributed by atoms with van der Waals surface area (Å²) in [7, 11) is 0. The first-order valence-corrected chi connectivity index (χ1v) is 12.6. The summed E-state index contributed by atoms with van der Waals surface area (Å²) in [6.07, 6.45) is -1.91. The van der Waals surface area contributed by atoms with Crippen LogP contribution in [0.5, 0.6) is 5.75 Å². The number of halogens is 4. The highest BCUT2D eigenvalue weighted by atomic mass is 35.5.